The van der Waals surface area contributed by atoms with E-state index in [0.29, 0.717) is 37.2 Å². The Balaban J connectivity index is 1.63. The molecule has 0 aliphatic rings. The summed E-state index contributed by atoms with van der Waals surface area (Å²) in [5, 5.41) is 9.84. The third-order valence-electron chi connectivity index (χ3n) is 3.47. The number of aromatic nitrogens is 3. The van der Waals surface area contributed by atoms with Crippen molar-refractivity contribution < 1.29 is 9.53 Å². The van der Waals surface area contributed by atoms with E-state index in [1.807, 2.05) is 35.8 Å². The van der Waals surface area contributed by atoms with Gasteiger partial charge in [-0.3, -0.25) is 9.89 Å². The van der Waals surface area contributed by atoms with Crippen molar-refractivity contribution in [1.82, 2.24) is 20.1 Å². The van der Waals surface area contributed by atoms with Crippen molar-refractivity contribution in [3.63, 3.8) is 0 Å². The SMILES string of the molecule is CCn1c(CCNC(=O)CCCOc2ccccc2Br)n[nH]c1=S. The third kappa shape index (κ3) is 5.45. The molecule has 24 heavy (non-hydrogen) atoms. The molecule has 0 aliphatic carbocycles. The topological polar surface area (TPSA) is 71.9 Å². The van der Waals surface area contributed by atoms with Gasteiger partial charge in [-0.05, 0) is 53.6 Å². The minimum Gasteiger partial charge on any atom is -0.492 e. The van der Waals surface area contributed by atoms with E-state index in [1.54, 1.807) is 0 Å². The zero-order valence-electron chi connectivity index (χ0n) is 13.5. The highest BCUT2D eigenvalue weighted by Gasteiger charge is 2.06. The summed E-state index contributed by atoms with van der Waals surface area (Å²) in [6.07, 6.45) is 1.76. The van der Waals surface area contributed by atoms with Crippen LogP contribution in [0.4, 0.5) is 0 Å². The molecule has 6 nitrogen and oxygen atoms in total. The van der Waals surface area contributed by atoms with Gasteiger partial charge in [0.15, 0.2) is 4.77 Å². The first-order chi connectivity index (χ1) is 11.6. The molecule has 0 bridgehead atoms. The lowest BCUT2D eigenvalue weighted by molar-refractivity contribution is -0.121. The number of hydrogen-bond donors (Lipinski definition) is 2. The quantitative estimate of drug-likeness (QED) is 0.489. The highest BCUT2D eigenvalue weighted by Crippen LogP contribution is 2.23. The normalized spacial score (nSPS) is 10.6. The Morgan fingerprint density at radius 1 is 1.46 bits per heavy atom. The number of H-pyrrole nitrogens is 1. The maximum atomic E-state index is 11.8. The number of para-hydroxylation sites is 1. The average molecular weight is 413 g/mol. The van der Waals surface area contributed by atoms with Crippen LogP contribution in [0.25, 0.3) is 0 Å². The number of carbonyl (C=O) groups excluding carboxylic acids is 1. The zero-order chi connectivity index (χ0) is 17.4. The van der Waals surface area contributed by atoms with E-state index in [4.69, 9.17) is 17.0 Å². The Hall–Kier alpha value is -1.67. The van der Waals surface area contributed by atoms with Crippen LogP contribution in [-0.2, 0) is 17.8 Å². The predicted molar refractivity (Wildman–Crippen MR) is 98.7 cm³/mol. The third-order valence-corrected chi connectivity index (χ3v) is 4.43. The van der Waals surface area contributed by atoms with E-state index in [2.05, 4.69) is 31.4 Å². The van der Waals surface area contributed by atoms with Crippen LogP contribution in [0.2, 0.25) is 0 Å². The van der Waals surface area contributed by atoms with E-state index in [1.165, 1.54) is 0 Å². The first-order valence-corrected chi connectivity index (χ1v) is 9.10. The fraction of sp³-hybridized carbons (Fsp3) is 0.438. The van der Waals surface area contributed by atoms with Gasteiger partial charge in [0.2, 0.25) is 5.91 Å². The van der Waals surface area contributed by atoms with Gasteiger partial charge >= 0.3 is 0 Å². The van der Waals surface area contributed by atoms with E-state index in [9.17, 15) is 4.79 Å². The lowest BCUT2D eigenvalue weighted by Gasteiger charge is -2.08. The van der Waals surface area contributed by atoms with Crippen molar-refractivity contribution in [3.8, 4) is 5.75 Å². The highest BCUT2D eigenvalue weighted by atomic mass is 79.9. The van der Waals surface area contributed by atoms with Gasteiger partial charge in [-0.25, -0.2) is 0 Å². The van der Waals surface area contributed by atoms with Crippen molar-refractivity contribution in [3.05, 3.63) is 39.3 Å². The number of carbonyl (C=O) groups is 1. The fourth-order valence-electron chi connectivity index (χ4n) is 2.25. The second kappa shape index (κ2) is 9.58. The van der Waals surface area contributed by atoms with Gasteiger partial charge in [0.1, 0.15) is 11.6 Å². The first-order valence-electron chi connectivity index (χ1n) is 7.90. The zero-order valence-corrected chi connectivity index (χ0v) is 16.0. The van der Waals surface area contributed by atoms with Crippen LogP contribution in [0.15, 0.2) is 28.7 Å². The maximum absolute atomic E-state index is 11.8. The molecule has 1 aromatic heterocycles. The van der Waals surface area contributed by atoms with Crippen LogP contribution in [0.5, 0.6) is 5.75 Å². The molecule has 8 heteroatoms. The summed E-state index contributed by atoms with van der Waals surface area (Å²) >= 11 is 8.56. The number of nitrogens with one attached hydrogen (secondary N) is 2. The lowest BCUT2D eigenvalue weighted by Crippen LogP contribution is -2.26. The van der Waals surface area contributed by atoms with Crippen LogP contribution < -0.4 is 10.1 Å². The summed E-state index contributed by atoms with van der Waals surface area (Å²) in [6, 6.07) is 7.66. The van der Waals surface area contributed by atoms with Crippen molar-refractivity contribution in [1.29, 1.82) is 0 Å². The van der Waals surface area contributed by atoms with E-state index < -0.39 is 0 Å². The minimum atomic E-state index is 0.0166. The first kappa shape index (κ1) is 18.7. The molecule has 0 unspecified atom stereocenters. The van der Waals surface area contributed by atoms with Gasteiger partial charge in [-0.2, -0.15) is 5.10 Å². The average Bonchev–Trinajstić information content (AvgIpc) is 2.93. The molecule has 2 aromatic rings. The summed E-state index contributed by atoms with van der Waals surface area (Å²) < 4.78 is 9.09. The molecule has 0 aliphatic heterocycles. The maximum Gasteiger partial charge on any atom is 0.220 e. The molecule has 0 atom stereocenters. The van der Waals surface area contributed by atoms with Crippen molar-refractivity contribution in [2.45, 2.75) is 32.7 Å². The van der Waals surface area contributed by atoms with Gasteiger partial charge in [-0.1, -0.05) is 12.1 Å². The lowest BCUT2D eigenvalue weighted by atomic mass is 10.3. The standard InChI is InChI=1S/C16H21BrN4O2S/c1-2-21-14(19-20-16(21)24)9-10-18-15(22)8-5-11-23-13-7-4-3-6-12(13)17/h3-4,6-7H,2,5,8-11H2,1H3,(H,18,22)(H,20,24). The fourth-order valence-corrected chi connectivity index (χ4v) is 2.93. The van der Waals surface area contributed by atoms with Crippen LogP contribution >= 0.6 is 28.1 Å². The molecule has 0 saturated heterocycles. The number of aromatic amines is 1. The molecule has 2 N–H and O–H groups in total. The number of amides is 1. The largest absolute Gasteiger partial charge is 0.492 e. The van der Waals surface area contributed by atoms with Gasteiger partial charge in [0.25, 0.3) is 0 Å². The van der Waals surface area contributed by atoms with Crippen LogP contribution in [0.3, 0.4) is 0 Å². The van der Waals surface area contributed by atoms with E-state index in [-0.39, 0.29) is 5.91 Å². The molecule has 130 valence electrons. The minimum absolute atomic E-state index is 0.0166. The van der Waals surface area contributed by atoms with Crippen molar-refractivity contribution in [2.24, 2.45) is 0 Å². The van der Waals surface area contributed by atoms with Gasteiger partial charge < -0.3 is 14.6 Å². The second-order valence-corrected chi connectivity index (χ2v) is 6.41. The van der Waals surface area contributed by atoms with Crippen LogP contribution in [0.1, 0.15) is 25.6 Å². The van der Waals surface area contributed by atoms with Gasteiger partial charge in [-0.15, -0.1) is 0 Å². The molecule has 2 rings (SSSR count). The van der Waals surface area contributed by atoms with Crippen molar-refractivity contribution in [2.75, 3.05) is 13.2 Å². The van der Waals surface area contributed by atoms with Crippen molar-refractivity contribution >= 4 is 34.1 Å². The second-order valence-electron chi connectivity index (χ2n) is 5.17. The van der Waals surface area contributed by atoms with Gasteiger partial charge in [0.05, 0.1) is 11.1 Å². The summed E-state index contributed by atoms with van der Waals surface area (Å²) in [4.78, 5) is 11.8. The molecule has 0 saturated carbocycles. The smallest absolute Gasteiger partial charge is 0.220 e. The summed E-state index contributed by atoms with van der Waals surface area (Å²) in [7, 11) is 0. The highest BCUT2D eigenvalue weighted by molar-refractivity contribution is 9.10. The van der Waals surface area contributed by atoms with E-state index >= 15 is 0 Å². The molecule has 0 radical (unpaired) electrons. The molecular formula is C16H21BrN4O2S. The Morgan fingerprint density at radius 2 is 2.25 bits per heavy atom. The summed E-state index contributed by atoms with van der Waals surface area (Å²) in [5.41, 5.74) is 0. The Bertz CT molecular complexity index is 729. The number of rotatable bonds is 9. The molecule has 1 amide bonds. The predicted octanol–water partition coefficient (Wildman–Crippen LogP) is 3.24. The monoisotopic (exact) mass is 412 g/mol. The Labute approximate surface area is 154 Å². The molecule has 1 aromatic carbocycles. The molecule has 0 fully saturated rings. The Kier molecular flexibility index (Phi) is 7.45. The number of ether oxygens (including phenoxy) is 1. The number of halogens is 1. The molecular weight excluding hydrogens is 392 g/mol. The van der Waals surface area contributed by atoms with Crippen LogP contribution in [0, 0.1) is 4.77 Å². The number of nitrogens with zero attached hydrogens (tertiary/aromatic N) is 2. The Morgan fingerprint density at radius 3 is 3.00 bits per heavy atom. The molecule has 1 heterocycles. The summed E-state index contributed by atoms with van der Waals surface area (Å²) in [6.45, 7) is 3.83. The van der Waals surface area contributed by atoms with Gasteiger partial charge in [0, 0.05) is 25.9 Å². The summed E-state index contributed by atoms with van der Waals surface area (Å²) in [5.74, 6) is 1.67. The molecule has 0 spiro atoms. The number of hydrogen-bond acceptors (Lipinski definition) is 4. The number of benzene rings is 1. The van der Waals surface area contributed by atoms with E-state index in [0.717, 1.165) is 22.6 Å². The van der Waals surface area contributed by atoms with Crippen LogP contribution in [-0.4, -0.2) is 33.8 Å².